The van der Waals surface area contributed by atoms with Gasteiger partial charge >= 0.3 is 0 Å². The zero-order valence-electron chi connectivity index (χ0n) is 8.02. The molecule has 0 atom stereocenters. The number of ketones is 1. The van der Waals surface area contributed by atoms with E-state index in [0.717, 1.165) is 12.0 Å². The molecule has 0 saturated carbocycles. The van der Waals surface area contributed by atoms with Gasteiger partial charge < -0.3 is 0 Å². The lowest BCUT2D eigenvalue weighted by molar-refractivity contribution is -0.115. The molecule has 0 fully saturated rings. The van der Waals surface area contributed by atoms with E-state index >= 15 is 0 Å². The van der Waals surface area contributed by atoms with Gasteiger partial charge in [-0.1, -0.05) is 28.9 Å². The van der Waals surface area contributed by atoms with Crippen LogP contribution in [-0.4, -0.2) is 11.1 Å². The molecule has 0 heterocycles. The number of carbonyl (C=O) groups is 1. The van der Waals surface area contributed by atoms with Crippen molar-refractivity contribution in [1.82, 2.24) is 0 Å². The lowest BCUT2D eigenvalue weighted by atomic mass is 10.1. The van der Waals surface area contributed by atoms with E-state index in [1.54, 1.807) is 0 Å². The van der Waals surface area contributed by atoms with Crippen molar-refractivity contribution in [3.63, 3.8) is 0 Å². The molecular formula is C11H12BrIO. The fraction of sp³-hybridized carbons (Fsp3) is 0.364. The summed E-state index contributed by atoms with van der Waals surface area (Å²) < 4.78 is 1.21. The number of aryl methyl sites for hydroxylation is 1. The molecule has 0 aliphatic rings. The zero-order valence-corrected chi connectivity index (χ0v) is 11.8. The minimum Gasteiger partial charge on any atom is -0.298 e. The Bertz CT molecular complexity index is 336. The smallest absolute Gasteiger partial charge is 0.147 e. The average Bonchev–Trinajstić information content (AvgIpc) is 2.16. The van der Waals surface area contributed by atoms with Crippen molar-refractivity contribution >= 4 is 44.3 Å². The maximum absolute atomic E-state index is 11.2. The SMILES string of the molecule is CCc1cc(I)cc(CC(=O)CBr)c1. The highest BCUT2D eigenvalue weighted by Crippen LogP contribution is 2.14. The summed E-state index contributed by atoms with van der Waals surface area (Å²) in [5.41, 5.74) is 2.42. The highest BCUT2D eigenvalue weighted by atomic mass is 127. The van der Waals surface area contributed by atoms with Crippen LogP contribution in [0.1, 0.15) is 18.1 Å². The third-order valence-corrected chi connectivity index (χ3v) is 3.22. The lowest BCUT2D eigenvalue weighted by Gasteiger charge is -2.03. The predicted octanol–water partition coefficient (Wildman–Crippen LogP) is 3.36. The Kier molecular flexibility index (Phi) is 5.09. The Morgan fingerprint density at radius 1 is 1.36 bits per heavy atom. The Morgan fingerprint density at radius 2 is 2.00 bits per heavy atom. The number of alkyl halides is 1. The van der Waals surface area contributed by atoms with Crippen LogP contribution in [0.4, 0.5) is 0 Å². The molecule has 1 aromatic carbocycles. The summed E-state index contributed by atoms with van der Waals surface area (Å²) in [5.74, 6) is 0.231. The van der Waals surface area contributed by atoms with Gasteiger partial charge in [0, 0.05) is 9.99 Å². The molecule has 0 bridgehead atoms. The number of carbonyl (C=O) groups excluding carboxylic acids is 1. The summed E-state index contributed by atoms with van der Waals surface area (Å²) >= 11 is 5.47. The molecule has 0 radical (unpaired) electrons. The molecule has 0 aromatic heterocycles. The van der Waals surface area contributed by atoms with Crippen LogP contribution in [0.3, 0.4) is 0 Å². The summed E-state index contributed by atoms with van der Waals surface area (Å²) in [6.45, 7) is 2.13. The first-order chi connectivity index (χ1) is 6.65. The van der Waals surface area contributed by atoms with Crippen molar-refractivity contribution in [2.24, 2.45) is 0 Å². The van der Waals surface area contributed by atoms with E-state index in [2.05, 4.69) is 63.6 Å². The van der Waals surface area contributed by atoms with Gasteiger partial charge in [0.1, 0.15) is 5.78 Å². The second-order valence-electron chi connectivity index (χ2n) is 3.17. The molecule has 0 aliphatic carbocycles. The zero-order chi connectivity index (χ0) is 10.6. The minimum atomic E-state index is 0.231. The first-order valence-electron chi connectivity index (χ1n) is 4.51. The van der Waals surface area contributed by atoms with E-state index in [4.69, 9.17) is 0 Å². The molecule has 1 nitrogen and oxygen atoms in total. The van der Waals surface area contributed by atoms with Gasteiger partial charge in [0.05, 0.1) is 5.33 Å². The standard InChI is InChI=1S/C11H12BrIO/c1-2-8-3-9(5-10(13)4-8)6-11(14)7-12/h3-5H,2,6-7H2,1H3. The fourth-order valence-corrected chi connectivity index (χ4v) is 2.30. The molecule has 0 aliphatic heterocycles. The molecule has 0 spiro atoms. The van der Waals surface area contributed by atoms with Gasteiger partial charge in [0.15, 0.2) is 0 Å². The Labute approximate surface area is 107 Å². The molecule has 3 heteroatoms. The molecule has 0 unspecified atom stereocenters. The fourth-order valence-electron chi connectivity index (χ4n) is 1.30. The Hall–Kier alpha value is 0.1000. The van der Waals surface area contributed by atoms with E-state index in [-0.39, 0.29) is 5.78 Å². The maximum Gasteiger partial charge on any atom is 0.147 e. The summed E-state index contributed by atoms with van der Waals surface area (Å²) in [6.07, 6.45) is 1.56. The predicted molar refractivity (Wildman–Crippen MR) is 71.0 cm³/mol. The van der Waals surface area contributed by atoms with E-state index in [9.17, 15) is 4.79 Å². The van der Waals surface area contributed by atoms with Gasteiger partial charge in [-0.15, -0.1) is 0 Å². The van der Waals surface area contributed by atoms with Gasteiger partial charge in [-0.2, -0.15) is 0 Å². The first kappa shape index (κ1) is 12.2. The van der Waals surface area contributed by atoms with E-state index < -0.39 is 0 Å². The second-order valence-corrected chi connectivity index (χ2v) is 4.98. The van der Waals surface area contributed by atoms with Crippen molar-refractivity contribution in [1.29, 1.82) is 0 Å². The van der Waals surface area contributed by atoms with Crippen molar-refractivity contribution in [3.8, 4) is 0 Å². The molecule has 14 heavy (non-hydrogen) atoms. The summed E-state index contributed by atoms with van der Waals surface area (Å²) in [6, 6.07) is 6.34. The molecular weight excluding hydrogens is 355 g/mol. The third-order valence-electron chi connectivity index (χ3n) is 1.98. The average molecular weight is 367 g/mol. The van der Waals surface area contributed by atoms with Crippen LogP contribution >= 0.6 is 38.5 Å². The molecule has 76 valence electrons. The number of halogens is 2. The highest BCUT2D eigenvalue weighted by molar-refractivity contribution is 14.1. The van der Waals surface area contributed by atoms with Crippen molar-refractivity contribution in [2.75, 3.05) is 5.33 Å². The van der Waals surface area contributed by atoms with E-state index in [0.29, 0.717) is 11.8 Å². The maximum atomic E-state index is 11.2. The molecule has 0 amide bonds. The van der Waals surface area contributed by atoms with Crippen molar-refractivity contribution in [2.45, 2.75) is 19.8 Å². The second kappa shape index (κ2) is 5.85. The number of rotatable bonds is 4. The van der Waals surface area contributed by atoms with Gasteiger partial charge in [-0.3, -0.25) is 4.79 Å². The first-order valence-corrected chi connectivity index (χ1v) is 6.71. The lowest BCUT2D eigenvalue weighted by Crippen LogP contribution is -2.04. The van der Waals surface area contributed by atoms with Crippen LogP contribution in [0.25, 0.3) is 0 Å². The molecule has 0 saturated heterocycles. The summed E-state index contributed by atoms with van der Waals surface area (Å²) in [7, 11) is 0. The number of hydrogen-bond acceptors (Lipinski definition) is 1. The molecule has 1 rings (SSSR count). The number of Topliss-reactive ketones (excluding diaryl/α,β-unsaturated/α-hetero) is 1. The van der Waals surface area contributed by atoms with Gasteiger partial charge in [-0.05, 0) is 52.3 Å². The number of hydrogen-bond donors (Lipinski definition) is 0. The van der Waals surface area contributed by atoms with Crippen LogP contribution in [0.15, 0.2) is 18.2 Å². The van der Waals surface area contributed by atoms with E-state index in [1.807, 2.05) is 0 Å². The van der Waals surface area contributed by atoms with Crippen LogP contribution in [-0.2, 0) is 17.6 Å². The minimum absolute atomic E-state index is 0.231. The largest absolute Gasteiger partial charge is 0.298 e. The summed E-state index contributed by atoms with van der Waals surface area (Å²) in [4.78, 5) is 11.2. The van der Waals surface area contributed by atoms with Gasteiger partial charge in [0.2, 0.25) is 0 Å². The summed E-state index contributed by atoms with van der Waals surface area (Å²) in [5, 5.41) is 0.444. The van der Waals surface area contributed by atoms with Crippen LogP contribution in [0.2, 0.25) is 0 Å². The monoisotopic (exact) mass is 366 g/mol. The van der Waals surface area contributed by atoms with Crippen molar-refractivity contribution < 1.29 is 4.79 Å². The van der Waals surface area contributed by atoms with Gasteiger partial charge in [-0.25, -0.2) is 0 Å². The topological polar surface area (TPSA) is 17.1 Å². The Balaban J connectivity index is 2.86. The third kappa shape index (κ3) is 3.69. The Morgan fingerprint density at radius 3 is 2.57 bits per heavy atom. The van der Waals surface area contributed by atoms with E-state index in [1.165, 1.54) is 9.13 Å². The quantitative estimate of drug-likeness (QED) is 0.589. The van der Waals surface area contributed by atoms with Crippen LogP contribution < -0.4 is 0 Å². The number of benzene rings is 1. The van der Waals surface area contributed by atoms with Crippen LogP contribution in [0, 0.1) is 3.57 Å². The highest BCUT2D eigenvalue weighted by Gasteiger charge is 2.03. The van der Waals surface area contributed by atoms with Crippen LogP contribution in [0.5, 0.6) is 0 Å². The normalized spacial score (nSPS) is 10.2. The van der Waals surface area contributed by atoms with Gasteiger partial charge in [0.25, 0.3) is 0 Å². The molecule has 0 N–H and O–H groups in total. The molecule has 1 aromatic rings. The van der Waals surface area contributed by atoms with Crippen molar-refractivity contribution in [3.05, 3.63) is 32.9 Å².